The molecular weight excluding hydrogens is 388 g/mol. The molecule has 0 aliphatic rings. The van der Waals surface area contributed by atoms with Crippen molar-refractivity contribution in [3.63, 3.8) is 0 Å². The van der Waals surface area contributed by atoms with Crippen LogP contribution in [-0.2, 0) is 15.6 Å². The second-order valence-corrected chi connectivity index (χ2v) is 8.25. The molecule has 1 N–H and O–H groups in total. The second kappa shape index (κ2) is 5.85. The van der Waals surface area contributed by atoms with E-state index in [9.17, 15) is 13.2 Å². The van der Waals surface area contributed by atoms with E-state index in [0.29, 0.717) is 4.88 Å². The maximum absolute atomic E-state index is 12.3. The largest absolute Gasteiger partial charge is 0.478 e. The third-order valence-electron chi connectivity index (χ3n) is 2.48. The molecule has 0 aliphatic carbocycles. The minimum atomic E-state index is -3.61. The summed E-state index contributed by atoms with van der Waals surface area (Å²) in [5.41, 5.74) is -0.222. The third-order valence-corrected chi connectivity index (χ3v) is 6.35. The van der Waals surface area contributed by atoms with Gasteiger partial charge in [-0.2, -0.15) is 0 Å². The molecule has 1 aromatic carbocycles. The Hall–Kier alpha value is -0.890. The number of hydrogen-bond donors (Lipinski definition) is 1. The molecule has 1 aromatic heterocycles. The highest BCUT2D eigenvalue weighted by Crippen LogP contribution is 2.26. The van der Waals surface area contributed by atoms with Crippen molar-refractivity contribution < 1.29 is 18.3 Å². The van der Waals surface area contributed by atoms with Crippen molar-refractivity contribution in [1.82, 2.24) is 0 Å². The number of carboxylic acid groups (broad SMARTS) is 1. The molecule has 0 unspecified atom stereocenters. The topological polar surface area (TPSA) is 71.4 Å². The van der Waals surface area contributed by atoms with E-state index in [0.717, 1.165) is 10.5 Å². The molecule has 0 aliphatic heterocycles. The first kappa shape index (κ1) is 15.5. The molecule has 0 atom stereocenters. The molecule has 4 nitrogen and oxygen atoms in total. The van der Waals surface area contributed by atoms with E-state index >= 15 is 0 Å². The van der Waals surface area contributed by atoms with Gasteiger partial charge in [0.05, 0.1) is 21.2 Å². The van der Waals surface area contributed by atoms with Crippen LogP contribution < -0.4 is 0 Å². The molecule has 0 spiro atoms. The van der Waals surface area contributed by atoms with Gasteiger partial charge in [-0.25, -0.2) is 13.2 Å². The molecule has 0 bridgehead atoms. The van der Waals surface area contributed by atoms with Gasteiger partial charge in [-0.15, -0.1) is 11.3 Å². The van der Waals surface area contributed by atoms with Gasteiger partial charge in [0, 0.05) is 14.7 Å². The zero-order valence-corrected chi connectivity index (χ0v) is 13.8. The summed E-state index contributed by atoms with van der Waals surface area (Å²) in [5.74, 6) is -1.44. The minimum absolute atomic E-state index is 0.00955. The van der Waals surface area contributed by atoms with Crippen LogP contribution in [0.2, 0.25) is 5.02 Å². The predicted octanol–water partition coefficient (Wildman–Crippen LogP) is 3.84. The highest BCUT2D eigenvalue weighted by molar-refractivity contribution is 9.10. The Morgan fingerprint density at radius 1 is 1.35 bits per heavy atom. The molecule has 20 heavy (non-hydrogen) atoms. The summed E-state index contributed by atoms with van der Waals surface area (Å²) in [4.78, 5) is 11.6. The van der Waals surface area contributed by atoms with Crippen LogP contribution in [0.4, 0.5) is 0 Å². The van der Waals surface area contributed by atoms with Crippen LogP contribution in [-0.4, -0.2) is 19.5 Å². The average molecular weight is 396 g/mol. The van der Waals surface area contributed by atoms with Crippen LogP contribution in [0, 0.1) is 0 Å². The van der Waals surface area contributed by atoms with Crippen molar-refractivity contribution in [3.8, 4) is 0 Å². The number of thiophene rings is 1. The highest BCUT2D eigenvalue weighted by Gasteiger charge is 2.19. The standard InChI is InChI=1S/C12H8BrClO4S2/c13-7-3-8(19-5-7)6-20(17,18)9-1-2-11(14)10(4-9)12(15)16/h1-5H,6H2,(H,15,16). The van der Waals surface area contributed by atoms with Crippen molar-refractivity contribution in [2.75, 3.05) is 0 Å². The van der Waals surface area contributed by atoms with Crippen molar-refractivity contribution in [1.29, 1.82) is 0 Å². The van der Waals surface area contributed by atoms with Gasteiger partial charge in [-0.05, 0) is 40.2 Å². The maximum Gasteiger partial charge on any atom is 0.337 e. The highest BCUT2D eigenvalue weighted by atomic mass is 79.9. The first-order valence-electron chi connectivity index (χ1n) is 5.28. The Morgan fingerprint density at radius 3 is 2.60 bits per heavy atom. The fraction of sp³-hybridized carbons (Fsp3) is 0.0833. The van der Waals surface area contributed by atoms with Crippen molar-refractivity contribution in [3.05, 3.63) is 49.6 Å². The lowest BCUT2D eigenvalue weighted by Crippen LogP contribution is -2.06. The first-order chi connectivity index (χ1) is 9.29. The Kier molecular flexibility index (Phi) is 4.53. The van der Waals surface area contributed by atoms with E-state index in [4.69, 9.17) is 16.7 Å². The minimum Gasteiger partial charge on any atom is -0.478 e. The number of rotatable bonds is 4. The molecule has 0 saturated carbocycles. The van der Waals surface area contributed by atoms with Crippen molar-refractivity contribution in [2.24, 2.45) is 0 Å². The smallest absolute Gasteiger partial charge is 0.337 e. The fourth-order valence-electron chi connectivity index (χ4n) is 1.56. The Balaban J connectivity index is 2.39. The number of carboxylic acids is 1. The monoisotopic (exact) mass is 394 g/mol. The predicted molar refractivity (Wildman–Crippen MR) is 81.3 cm³/mol. The maximum atomic E-state index is 12.3. The van der Waals surface area contributed by atoms with Gasteiger partial charge < -0.3 is 5.11 Å². The SMILES string of the molecule is O=C(O)c1cc(S(=O)(=O)Cc2cc(Br)cs2)ccc1Cl. The van der Waals surface area contributed by atoms with Gasteiger partial charge in [-0.3, -0.25) is 0 Å². The van der Waals surface area contributed by atoms with Gasteiger partial charge >= 0.3 is 5.97 Å². The van der Waals surface area contributed by atoms with Crippen LogP contribution in [0.3, 0.4) is 0 Å². The zero-order chi connectivity index (χ0) is 14.9. The number of hydrogen-bond acceptors (Lipinski definition) is 4. The van der Waals surface area contributed by atoms with Gasteiger partial charge in [0.25, 0.3) is 0 Å². The summed E-state index contributed by atoms with van der Waals surface area (Å²) in [7, 11) is -3.61. The van der Waals surface area contributed by atoms with Gasteiger partial charge in [0.2, 0.25) is 0 Å². The van der Waals surface area contributed by atoms with E-state index in [-0.39, 0.29) is 21.2 Å². The Labute approximate surface area is 133 Å². The quantitative estimate of drug-likeness (QED) is 0.854. The summed E-state index contributed by atoms with van der Waals surface area (Å²) in [5, 5.41) is 10.8. The number of benzene rings is 1. The number of carbonyl (C=O) groups is 1. The van der Waals surface area contributed by atoms with Gasteiger partial charge in [0.15, 0.2) is 9.84 Å². The summed E-state index contributed by atoms with van der Waals surface area (Å²) in [6.07, 6.45) is 0. The Morgan fingerprint density at radius 2 is 2.05 bits per heavy atom. The lowest BCUT2D eigenvalue weighted by Gasteiger charge is -2.05. The summed E-state index contributed by atoms with van der Waals surface area (Å²) >= 11 is 10.3. The van der Waals surface area contributed by atoms with Crippen molar-refractivity contribution >= 4 is 54.7 Å². The van der Waals surface area contributed by atoms with Crippen molar-refractivity contribution in [2.45, 2.75) is 10.6 Å². The molecular formula is C12H8BrClO4S2. The lowest BCUT2D eigenvalue weighted by atomic mass is 10.2. The van der Waals surface area contributed by atoms with E-state index in [1.54, 1.807) is 11.4 Å². The fourth-order valence-corrected chi connectivity index (χ4v) is 4.93. The molecule has 1 heterocycles. The molecule has 2 aromatic rings. The molecule has 0 saturated heterocycles. The number of sulfone groups is 1. The normalized spacial score (nSPS) is 11.5. The second-order valence-electron chi connectivity index (χ2n) is 3.94. The molecule has 2 rings (SSSR count). The van der Waals surface area contributed by atoms with Gasteiger partial charge in [0.1, 0.15) is 0 Å². The van der Waals surface area contributed by atoms with E-state index < -0.39 is 15.8 Å². The first-order valence-corrected chi connectivity index (χ1v) is 8.98. The molecule has 0 fully saturated rings. The molecule has 0 amide bonds. The van der Waals surface area contributed by atoms with Crippen LogP contribution in [0.15, 0.2) is 39.0 Å². The lowest BCUT2D eigenvalue weighted by molar-refractivity contribution is 0.0697. The zero-order valence-electron chi connectivity index (χ0n) is 9.84. The number of aromatic carboxylic acids is 1. The van der Waals surface area contributed by atoms with Gasteiger partial charge in [-0.1, -0.05) is 11.6 Å². The number of halogens is 2. The molecule has 0 radical (unpaired) electrons. The van der Waals surface area contributed by atoms with Crippen LogP contribution >= 0.6 is 38.9 Å². The molecule has 8 heteroatoms. The Bertz CT molecular complexity index is 768. The summed E-state index contributed by atoms with van der Waals surface area (Å²) in [6.45, 7) is 0. The van der Waals surface area contributed by atoms with Crippen LogP contribution in [0.5, 0.6) is 0 Å². The molecule has 106 valence electrons. The van der Waals surface area contributed by atoms with Crippen LogP contribution in [0.25, 0.3) is 0 Å². The van der Waals surface area contributed by atoms with E-state index in [1.807, 2.05) is 0 Å². The van der Waals surface area contributed by atoms with E-state index in [2.05, 4.69) is 15.9 Å². The van der Waals surface area contributed by atoms with E-state index in [1.165, 1.54) is 23.5 Å². The average Bonchev–Trinajstić information content (AvgIpc) is 2.73. The van der Waals surface area contributed by atoms with Crippen LogP contribution in [0.1, 0.15) is 15.2 Å². The third kappa shape index (κ3) is 3.41. The summed E-state index contributed by atoms with van der Waals surface area (Å²) < 4.78 is 25.3. The summed E-state index contributed by atoms with van der Waals surface area (Å²) in [6, 6.07) is 5.40.